The molecule has 0 saturated carbocycles. The summed E-state index contributed by atoms with van der Waals surface area (Å²) in [5, 5.41) is 2.81. The summed E-state index contributed by atoms with van der Waals surface area (Å²) in [6, 6.07) is 7.28. The fraction of sp³-hybridized carbons (Fsp3) is 0.462. The van der Waals surface area contributed by atoms with Gasteiger partial charge in [-0.1, -0.05) is 19.1 Å². The molecule has 1 atom stereocenters. The van der Waals surface area contributed by atoms with Crippen molar-refractivity contribution in [3.05, 3.63) is 24.3 Å². The normalized spacial score (nSPS) is 13.9. The Balaban J connectivity index is 2.87. The quantitative estimate of drug-likeness (QED) is 0.855. The summed E-state index contributed by atoms with van der Waals surface area (Å²) in [5.74, 6) is 0.461. The average Bonchev–Trinajstić information content (AvgIpc) is 2.38. The van der Waals surface area contributed by atoms with E-state index in [2.05, 4.69) is 5.32 Å². The van der Waals surface area contributed by atoms with E-state index in [0.717, 1.165) is 0 Å². The molecule has 0 spiro atoms. The fourth-order valence-corrected chi connectivity index (χ4v) is 1.40. The maximum absolute atomic E-state index is 12.1. The molecule has 1 unspecified atom stereocenters. The highest BCUT2D eigenvalue weighted by atomic mass is 16.5. The van der Waals surface area contributed by atoms with Gasteiger partial charge in [-0.25, -0.2) is 0 Å². The second kappa shape index (κ2) is 5.68. The Bertz CT molecular complexity index is 386. The number of nitrogens with one attached hydrogen (secondary N) is 1. The van der Waals surface area contributed by atoms with Gasteiger partial charge in [-0.2, -0.15) is 0 Å². The third-order valence-corrected chi connectivity index (χ3v) is 2.96. The molecule has 94 valence electrons. The smallest absolute Gasteiger partial charge is 0.256 e. The Morgan fingerprint density at radius 3 is 2.53 bits per heavy atom. The zero-order chi connectivity index (χ0) is 12.9. The molecule has 4 nitrogen and oxygen atoms in total. The fourth-order valence-electron chi connectivity index (χ4n) is 1.40. The van der Waals surface area contributed by atoms with Crippen LogP contribution in [0.4, 0.5) is 5.69 Å². The lowest BCUT2D eigenvalue weighted by molar-refractivity contribution is -0.136. The number of para-hydroxylation sites is 2. The van der Waals surface area contributed by atoms with Crippen LogP contribution in [0.1, 0.15) is 20.3 Å². The molecule has 1 amide bonds. The zero-order valence-corrected chi connectivity index (χ0v) is 10.7. The van der Waals surface area contributed by atoms with Gasteiger partial charge in [-0.3, -0.25) is 4.79 Å². The van der Waals surface area contributed by atoms with Crippen molar-refractivity contribution in [1.29, 1.82) is 0 Å². The predicted molar refractivity (Wildman–Crippen MR) is 67.3 cm³/mol. The highest BCUT2D eigenvalue weighted by molar-refractivity contribution is 5.98. The van der Waals surface area contributed by atoms with Crippen LogP contribution in [0, 0.1) is 0 Å². The molecule has 0 aromatic heterocycles. The standard InChI is InChI=1S/C13H19NO3/c1-5-13(2,17-4)12(15)14-10-8-6-7-9-11(10)16-3/h6-9H,5H2,1-4H3,(H,14,15). The van der Waals surface area contributed by atoms with E-state index >= 15 is 0 Å². The number of ether oxygens (including phenoxy) is 2. The van der Waals surface area contributed by atoms with E-state index in [-0.39, 0.29) is 5.91 Å². The summed E-state index contributed by atoms with van der Waals surface area (Å²) in [5.41, 5.74) is -0.169. The minimum absolute atomic E-state index is 0.174. The lowest BCUT2D eigenvalue weighted by Crippen LogP contribution is -2.41. The first-order valence-corrected chi connectivity index (χ1v) is 5.57. The monoisotopic (exact) mass is 237 g/mol. The Labute approximate surface area is 102 Å². The average molecular weight is 237 g/mol. The number of amides is 1. The second-order valence-electron chi connectivity index (χ2n) is 3.94. The van der Waals surface area contributed by atoms with E-state index in [0.29, 0.717) is 17.9 Å². The van der Waals surface area contributed by atoms with Gasteiger partial charge in [0.1, 0.15) is 11.4 Å². The minimum Gasteiger partial charge on any atom is -0.495 e. The van der Waals surface area contributed by atoms with Crippen molar-refractivity contribution in [1.82, 2.24) is 0 Å². The summed E-state index contributed by atoms with van der Waals surface area (Å²) >= 11 is 0. The van der Waals surface area contributed by atoms with Crippen LogP contribution >= 0.6 is 0 Å². The highest BCUT2D eigenvalue weighted by Gasteiger charge is 2.31. The first-order valence-electron chi connectivity index (χ1n) is 5.57. The number of carbonyl (C=O) groups is 1. The van der Waals surface area contributed by atoms with Crippen LogP contribution in [0.3, 0.4) is 0 Å². The molecule has 1 N–H and O–H groups in total. The SMILES string of the molecule is CCC(C)(OC)C(=O)Nc1ccccc1OC. The molecular formula is C13H19NO3. The number of rotatable bonds is 5. The number of anilines is 1. The summed E-state index contributed by atoms with van der Waals surface area (Å²) < 4.78 is 10.4. The summed E-state index contributed by atoms with van der Waals surface area (Å²) in [7, 11) is 3.10. The Morgan fingerprint density at radius 2 is 2.00 bits per heavy atom. The highest BCUT2D eigenvalue weighted by Crippen LogP contribution is 2.25. The van der Waals surface area contributed by atoms with Crippen LogP contribution in [0.15, 0.2) is 24.3 Å². The van der Waals surface area contributed by atoms with Gasteiger partial charge in [-0.05, 0) is 25.5 Å². The Kier molecular flexibility index (Phi) is 4.52. The summed E-state index contributed by atoms with van der Waals surface area (Å²) in [4.78, 5) is 12.1. The van der Waals surface area contributed by atoms with Gasteiger partial charge in [0.2, 0.25) is 0 Å². The van der Waals surface area contributed by atoms with Gasteiger partial charge < -0.3 is 14.8 Å². The molecule has 0 fully saturated rings. The second-order valence-corrected chi connectivity index (χ2v) is 3.94. The minimum atomic E-state index is -0.819. The molecule has 0 aliphatic heterocycles. The molecule has 0 saturated heterocycles. The van der Waals surface area contributed by atoms with Crippen molar-refractivity contribution < 1.29 is 14.3 Å². The van der Waals surface area contributed by atoms with Crippen molar-refractivity contribution in [2.24, 2.45) is 0 Å². The first-order chi connectivity index (χ1) is 8.07. The molecule has 1 aromatic rings. The van der Waals surface area contributed by atoms with Gasteiger partial charge in [0, 0.05) is 7.11 Å². The van der Waals surface area contributed by atoms with Gasteiger partial charge in [-0.15, -0.1) is 0 Å². The first kappa shape index (κ1) is 13.5. The summed E-state index contributed by atoms with van der Waals surface area (Å²) in [6.07, 6.45) is 0.602. The van der Waals surface area contributed by atoms with E-state index < -0.39 is 5.60 Å². The lowest BCUT2D eigenvalue weighted by atomic mass is 10.0. The van der Waals surface area contributed by atoms with Gasteiger partial charge in [0.25, 0.3) is 5.91 Å². The van der Waals surface area contributed by atoms with Crippen LogP contribution in [0.5, 0.6) is 5.75 Å². The van der Waals surface area contributed by atoms with Gasteiger partial charge in [0.15, 0.2) is 0 Å². The molecule has 0 heterocycles. The molecule has 0 aliphatic carbocycles. The third-order valence-electron chi connectivity index (χ3n) is 2.96. The van der Waals surface area contributed by atoms with E-state index in [9.17, 15) is 4.79 Å². The molecule has 0 aliphatic rings. The van der Waals surface area contributed by atoms with Crippen LogP contribution in [-0.2, 0) is 9.53 Å². The van der Waals surface area contributed by atoms with Crippen LogP contribution in [0.2, 0.25) is 0 Å². The molecule has 0 bridgehead atoms. The largest absolute Gasteiger partial charge is 0.495 e. The molecule has 17 heavy (non-hydrogen) atoms. The summed E-state index contributed by atoms with van der Waals surface area (Å²) in [6.45, 7) is 3.67. The van der Waals surface area contributed by atoms with Crippen molar-refractivity contribution >= 4 is 11.6 Å². The molecule has 1 rings (SSSR count). The van der Waals surface area contributed by atoms with E-state index in [4.69, 9.17) is 9.47 Å². The molecule has 0 radical (unpaired) electrons. The van der Waals surface area contributed by atoms with Crippen molar-refractivity contribution in [2.75, 3.05) is 19.5 Å². The number of benzene rings is 1. The number of carbonyl (C=O) groups excluding carboxylic acids is 1. The number of methoxy groups -OCH3 is 2. The maximum Gasteiger partial charge on any atom is 0.256 e. The Hall–Kier alpha value is -1.55. The van der Waals surface area contributed by atoms with Crippen molar-refractivity contribution in [2.45, 2.75) is 25.9 Å². The topological polar surface area (TPSA) is 47.6 Å². The maximum atomic E-state index is 12.1. The number of hydrogen-bond acceptors (Lipinski definition) is 3. The van der Waals surface area contributed by atoms with Crippen molar-refractivity contribution in [3.8, 4) is 5.75 Å². The van der Waals surface area contributed by atoms with Gasteiger partial charge in [0.05, 0.1) is 12.8 Å². The van der Waals surface area contributed by atoms with Gasteiger partial charge >= 0.3 is 0 Å². The lowest BCUT2D eigenvalue weighted by Gasteiger charge is -2.25. The van der Waals surface area contributed by atoms with Crippen LogP contribution in [0.25, 0.3) is 0 Å². The van der Waals surface area contributed by atoms with E-state index in [1.165, 1.54) is 7.11 Å². The predicted octanol–water partition coefficient (Wildman–Crippen LogP) is 2.45. The zero-order valence-electron chi connectivity index (χ0n) is 10.7. The Morgan fingerprint density at radius 1 is 1.35 bits per heavy atom. The van der Waals surface area contributed by atoms with E-state index in [1.54, 1.807) is 26.2 Å². The molecule has 1 aromatic carbocycles. The van der Waals surface area contributed by atoms with Crippen LogP contribution < -0.4 is 10.1 Å². The van der Waals surface area contributed by atoms with Crippen LogP contribution in [-0.4, -0.2) is 25.7 Å². The third kappa shape index (κ3) is 2.97. The molecule has 4 heteroatoms. The van der Waals surface area contributed by atoms with Crippen molar-refractivity contribution in [3.63, 3.8) is 0 Å². The number of hydrogen-bond donors (Lipinski definition) is 1. The van der Waals surface area contributed by atoms with E-state index in [1.807, 2.05) is 19.1 Å². The molecular weight excluding hydrogens is 218 g/mol.